The zero-order chi connectivity index (χ0) is 21.7. The molecule has 2 aromatic carbocycles. The van der Waals surface area contributed by atoms with E-state index in [1.807, 2.05) is 25.1 Å². The second-order valence-electron chi connectivity index (χ2n) is 8.00. The summed E-state index contributed by atoms with van der Waals surface area (Å²) in [5.74, 6) is 1.09. The minimum absolute atomic E-state index is 0.0125. The third-order valence-corrected chi connectivity index (χ3v) is 6.33. The number of thiazole rings is 1. The fraction of sp³-hybridized carbons (Fsp3) is 0.400. The Kier molecular flexibility index (Phi) is 7.64. The second kappa shape index (κ2) is 10.2. The molecule has 2 N–H and O–H groups in total. The number of aryl methyl sites for hydroxylation is 3. The van der Waals surface area contributed by atoms with Gasteiger partial charge in [-0.15, -0.1) is 11.3 Å². The number of aromatic nitrogens is 1. The van der Waals surface area contributed by atoms with Crippen molar-refractivity contribution in [3.8, 4) is 16.3 Å². The number of rotatable bonds is 9. The number of nitrogens with zero attached hydrogens (tertiary/aromatic N) is 1. The van der Waals surface area contributed by atoms with Crippen molar-refractivity contribution in [2.75, 3.05) is 13.2 Å². The third-order valence-electron chi connectivity index (χ3n) is 5.15. The van der Waals surface area contributed by atoms with E-state index in [-0.39, 0.29) is 13.2 Å². The molecular formula is C25H31NO3S. The van der Waals surface area contributed by atoms with Crippen LogP contribution in [0.2, 0.25) is 0 Å². The van der Waals surface area contributed by atoms with Gasteiger partial charge in [0.25, 0.3) is 0 Å². The smallest absolute Gasteiger partial charge is 0.123 e. The van der Waals surface area contributed by atoms with Gasteiger partial charge < -0.3 is 14.9 Å². The Morgan fingerprint density at radius 1 is 1.07 bits per heavy atom. The molecule has 0 spiro atoms. The number of benzene rings is 2. The fourth-order valence-electron chi connectivity index (χ4n) is 3.45. The lowest BCUT2D eigenvalue weighted by molar-refractivity contribution is 0.167. The van der Waals surface area contributed by atoms with Crippen LogP contribution in [0.25, 0.3) is 10.6 Å². The first kappa shape index (κ1) is 22.5. The van der Waals surface area contributed by atoms with E-state index in [0.29, 0.717) is 12.3 Å². The van der Waals surface area contributed by atoms with Gasteiger partial charge in [0.1, 0.15) is 17.4 Å². The molecule has 3 aromatic rings. The van der Waals surface area contributed by atoms with Crippen LogP contribution in [0.15, 0.2) is 42.5 Å². The van der Waals surface area contributed by atoms with Gasteiger partial charge in [0.15, 0.2) is 0 Å². The van der Waals surface area contributed by atoms with Gasteiger partial charge in [-0.3, -0.25) is 0 Å². The molecule has 0 bridgehead atoms. The van der Waals surface area contributed by atoms with Crippen molar-refractivity contribution < 1.29 is 14.9 Å². The highest BCUT2D eigenvalue weighted by Crippen LogP contribution is 2.34. The molecule has 1 unspecified atom stereocenters. The Hall–Kier alpha value is -2.21. The van der Waals surface area contributed by atoms with Crippen molar-refractivity contribution in [2.24, 2.45) is 0 Å². The molecule has 0 fully saturated rings. The van der Waals surface area contributed by atoms with Crippen LogP contribution in [-0.4, -0.2) is 28.4 Å². The maximum atomic E-state index is 10.8. The highest BCUT2D eigenvalue weighted by Gasteiger charge is 2.17. The third kappa shape index (κ3) is 5.48. The van der Waals surface area contributed by atoms with Crippen LogP contribution in [0.3, 0.4) is 0 Å². The van der Waals surface area contributed by atoms with Gasteiger partial charge in [-0.05, 0) is 55.9 Å². The normalized spacial score (nSPS) is 12.4. The maximum absolute atomic E-state index is 10.8. The summed E-state index contributed by atoms with van der Waals surface area (Å²) in [6, 6.07) is 14.2. The topological polar surface area (TPSA) is 62.6 Å². The molecule has 0 radical (unpaired) electrons. The average molecular weight is 426 g/mol. The van der Waals surface area contributed by atoms with Crippen molar-refractivity contribution in [3.05, 3.63) is 69.7 Å². The van der Waals surface area contributed by atoms with E-state index >= 15 is 0 Å². The molecule has 0 aliphatic heterocycles. The van der Waals surface area contributed by atoms with E-state index in [2.05, 4.69) is 45.0 Å². The summed E-state index contributed by atoms with van der Waals surface area (Å²) in [5.41, 5.74) is 5.37. The lowest BCUT2D eigenvalue weighted by atomic mass is 10.00. The Balaban J connectivity index is 1.73. The van der Waals surface area contributed by atoms with Crippen LogP contribution in [0, 0.1) is 13.8 Å². The molecule has 0 amide bonds. The number of hydrogen-bond donors (Lipinski definition) is 2. The molecule has 0 saturated carbocycles. The minimum atomic E-state index is -0.541. The second-order valence-corrected chi connectivity index (χ2v) is 9.08. The summed E-state index contributed by atoms with van der Waals surface area (Å²) < 4.78 is 5.51. The van der Waals surface area contributed by atoms with E-state index in [1.165, 1.54) is 10.4 Å². The zero-order valence-electron chi connectivity index (χ0n) is 18.2. The summed E-state index contributed by atoms with van der Waals surface area (Å²) >= 11 is 1.73. The molecule has 3 rings (SSSR count). The van der Waals surface area contributed by atoms with Crippen LogP contribution in [0.1, 0.15) is 59.6 Å². The highest BCUT2D eigenvalue weighted by molar-refractivity contribution is 7.15. The number of hydrogen-bond acceptors (Lipinski definition) is 5. The summed E-state index contributed by atoms with van der Waals surface area (Å²) in [6.07, 6.45) is 0.895. The monoisotopic (exact) mass is 425 g/mol. The maximum Gasteiger partial charge on any atom is 0.123 e. The van der Waals surface area contributed by atoms with Gasteiger partial charge in [0.2, 0.25) is 0 Å². The zero-order valence-corrected chi connectivity index (χ0v) is 19.0. The lowest BCUT2D eigenvalue weighted by Crippen LogP contribution is -2.05. The van der Waals surface area contributed by atoms with Gasteiger partial charge >= 0.3 is 0 Å². The number of aliphatic hydroxyl groups excluding tert-OH is 2. The van der Waals surface area contributed by atoms with Crippen LogP contribution >= 0.6 is 11.3 Å². The molecule has 1 heterocycles. The molecule has 1 atom stereocenters. The van der Waals surface area contributed by atoms with Gasteiger partial charge in [-0.1, -0.05) is 49.7 Å². The SMILES string of the molecule is Cc1ccc(-c2nc(C(C)C)c(CCC(O)c3ccc(OCCO)c(C)c3)s2)cc1. The molecule has 5 heteroatoms. The van der Waals surface area contributed by atoms with Crippen molar-refractivity contribution in [2.45, 2.75) is 52.6 Å². The summed E-state index contributed by atoms with van der Waals surface area (Å²) in [5, 5.41) is 20.7. The number of aliphatic hydroxyl groups is 2. The Morgan fingerprint density at radius 3 is 2.43 bits per heavy atom. The van der Waals surface area contributed by atoms with E-state index in [9.17, 15) is 5.11 Å². The molecule has 160 valence electrons. The minimum Gasteiger partial charge on any atom is -0.491 e. The fourth-order valence-corrected chi connectivity index (χ4v) is 4.68. The van der Waals surface area contributed by atoms with E-state index in [4.69, 9.17) is 14.8 Å². The number of ether oxygens (including phenoxy) is 1. The molecule has 0 aliphatic carbocycles. The van der Waals surface area contributed by atoms with Crippen LogP contribution in [-0.2, 0) is 6.42 Å². The Morgan fingerprint density at radius 2 is 1.80 bits per heavy atom. The standard InChI is InChI=1S/C25H31NO3S/c1-16(2)24-23(30-25(26-24)19-7-5-17(3)6-8-19)12-10-21(28)20-9-11-22(18(4)15-20)29-14-13-27/h5-9,11,15-16,21,27-28H,10,12-14H2,1-4H3. The van der Waals surface area contributed by atoms with Crippen molar-refractivity contribution in [3.63, 3.8) is 0 Å². The Bertz CT molecular complexity index is 963. The van der Waals surface area contributed by atoms with Gasteiger partial charge in [0, 0.05) is 10.4 Å². The molecule has 0 saturated heterocycles. The Labute approximate surface area is 183 Å². The van der Waals surface area contributed by atoms with Crippen molar-refractivity contribution in [1.82, 2.24) is 4.98 Å². The van der Waals surface area contributed by atoms with Crippen molar-refractivity contribution in [1.29, 1.82) is 0 Å². The molecule has 4 nitrogen and oxygen atoms in total. The highest BCUT2D eigenvalue weighted by atomic mass is 32.1. The first-order chi connectivity index (χ1) is 14.4. The van der Waals surface area contributed by atoms with Crippen LogP contribution in [0.4, 0.5) is 0 Å². The van der Waals surface area contributed by atoms with Crippen LogP contribution < -0.4 is 4.74 Å². The average Bonchev–Trinajstić information content (AvgIpc) is 3.16. The molecule has 30 heavy (non-hydrogen) atoms. The molecule has 1 aromatic heterocycles. The first-order valence-electron chi connectivity index (χ1n) is 10.5. The van der Waals surface area contributed by atoms with Crippen LogP contribution in [0.5, 0.6) is 5.75 Å². The predicted molar refractivity (Wildman–Crippen MR) is 123 cm³/mol. The molecular weight excluding hydrogens is 394 g/mol. The first-order valence-corrected chi connectivity index (χ1v) is 11.3. The van der Waals surface area contributed by atoms with Gasteiger partial charge in [-0.25, -0.2) is 4.98 Å². The van der Waals surface area contributed by atoms with E-state index in [0.717, 1.165) is 39.6 Å². The lowest BCUT2D eigenvalue weighted by Gasteiger charge is -2.14. The van der Waals surface area contributed by atoms with Crippen molar-refractivity contribution >= 4 is 11.3 Å². The molecule has 0 aliphatic rings. The summed E-state index contributed by atoms with van der Waals surface area (Å²) in [7, 11) is 0. The van der Waals surface area contributed by atoms with E-state index in [1.54, 1.807) is 11.3 Å². The van der Waals surface area contributed by atoms with Gasteiger partial charge in [0.05, 0.1) is 18.4 Å². The summed E-state index contributed by atoms with van der Waals surface area (Å²) in [4.78, 5) is 6.16. The predicted octanol–water partition coefficient (Wildman–Crippen LogP) is 5.59. The largest absolute Gasteiger partial charge is 0.491 e. The van der Waals surface area contributed by atoms with Gasteiger partial charge in [-0.2, -0.15) is 0 Å². The van der Waals surface area contributed by atoms with E-state index < -0.39 is 6.10 Å². The summed E-state index contributed by atoms with van der Waals surface area (Å²) in [6.45, 7) is 8.64. The quantitative estimate of drug-likeness (QED) is 0.469.